The summed E-state index contributed by atoms with van der Waals surface area (Å²) in [5.41, 5.74) is 0.994. The summed E-state index contributed by atoms with van der Waals surface area (Å²) in [6, 6.07) is 10.3. The van der Waals surface area contributed by atoms with Crippen molar-refractivity contribution in [1.82, 2.24) is 4.31 Å². The number of anilines is 2. The van der Waals surface area contributed by atoms with Gasteiger partial charge in [0.25, 0.3) is 11.4 Å². The number of nitro benzene ring substituents is 2. The van der Waals surface area contributed by atoms with Crippen LogP contribution < -0.4 is 9.80 Å². The van der Waals surface area contributed by atoms with E-state index in [4.69, 9.17) is 0 Å². The second kappa shape index (κ2) is 8.71. The number of nitro groups is 2. The van der Waals surface area contributed by atoms with E-state index in [1.807, 2.05) is 9.80 Å². The number of para-hydroxylation sites is 1. The van der Waals surface area contributed by atoms with E-state index < -0.39 is 20.6 Å². The first-order chi connectivity index (χ1) is 15.3. The fourth-order valence-corrected chi connectivity index (χ4v) is 5.81. The van der Waals surface area contributed by atoms with Crippen molar-refractivity contribution in [3.8, 4) is 0 Å². The third-order valence-electron chi connectivity index (χ3n) is 5.89. The lowest BCUT2D eigenvalue weighted by Gasteiger charge is -2.35. The van der Waals surface area contributed by atoms with E-state index in [-0.39, 0.29) is 28.6 Å². The smallest absolute Gasteiger partial charge is 0.292 e. The molecule has 2 aromatic carbocycles. The quantitative estimate of drug-likeness (QED) is 0.474. The van der Waals surface area contributed by atoms with Gasteiger partial charge < -0.3 is 9.80 Å². The van der Waals surface area contributed by atoms with Crippen LogP contribution in [0.5, 0.6) is 0 Å². The average Bonchev–Trinajstić information content (AvgIpc) is 3.33. The Morgan fingerprint density at radius 3 is 2.00 bits per heavy atom. The molecule has 0 radical (unpaired) electrons. The van der Waals surface area contributed by atoms with Crippen LogP contribution in [0, 0.1) is 20.2 Å². The van der Waals surface area contributed by atoms with Crippen molar-refractivity contribution in [3.05, 3.63) is 62.7 Å². The largest absolute Gasteiger partial charge is 0.369 e. The number of piperazine rings is 1. The van der Waals surface area contributed by atoms with Crippen molar-refractivity contribution < 1.29 is 18.3 Å². The highest BCUT2D eigenvalue weighted by Gasteiger charge is 2.34. The van der Waals surface area contributed by atoms with Gasteiger partial charge in [0.1, 0.15) is 5.69 Å². The van der Waals surface area contributed by atoms with Crippen molar-refractivity contribution >= 4 is 32.8 Å². The minimum atomic E-state index is -4.02. The van der Waals surface area contributed by atoms with Gasteiger partial charge in [-0.15, -0.1) is 0 Å². The monoisotopic (exact) mass is 461 g/mol. The predicted octanol–water partition coefficient (Wildman–Crippen LogP) is 2.61. The van der Waals surface area contributed by atoms with Crippen molar-refractivity contribution in [2.75, 3.05) is 49.1 Å². The average molecular weight is 462 g/mol. The minimum Gasteiger partial charge on any atom is -0.369 e. The van der Waals surface area contributed by atoms with Gasteiger partial charge in [-0.2, -0.15) is 4.31 Å². The number of nitrogens with zero attached hydrogens (tertiary/aromatic N) is 5. The molecule has 12 heteroatoms. The van der Waals surface area contributed by atoms with Crippen molar-refractivity contribution in [1.29, 1.82) is 0 Å². The lowest BCUT2D eigenvalue weighted by Crippen LogP contribution is -2.48. The summed E-state index contributed by atoms with van der Waals surface area (Å²) < 4.78 is 27.3. The van der Waals surface area contributed by atoms with Crippen LogP contribution in [0.2, 0.25) is 0 Å². The van der Waals surface area contributed by atoms with Gasteiger partial charge in [-0.25, -0.2) is 8.42 Å². The standard InChI is InChI=1S/C20H23N5O6S/c26-24(27)17-8-7-16(15-19(17)22-9-3-4-10-22)21-11-13-23(14-12-21)32(30,31)20-6-2-1-5-18(20)25(28)29/h1-2,5-8,15H,3-4,9-14H2. The lowest BCUT2D eigenvalue weighted by atomic mass is 10.2. The molecule has 2 saturated heterocycles. The summed E-state index contributed by atoms with van der Waals surface area (Å²) in [4.78, 5) is 25.3. The van der Waals surface area contributed by atoms with E-state index in [1.165, 1.54) is 34.6 Å². The normalized spacial score (nSPS) is 17.5. The predicted molar refractivity (Wildman–Crippen MR) is 119 cm³/mol. The molecule has 11 nitrogen and oxygen atoms in total. The van der Waals surface area contributed by atoms with Crippen LogP contribution in [0.15, 0.2) is 47.4 Å². The van der Waals surface area contributed by atoms with Crippen molar-refractivity contribution in [2.45, 2.75) is 17.7 Å². The summed E-state index contributed by atoms with van der Waals surface area (Å²) in [5, 5.41) is 22.7. The van der Waals surface area contributed by atoms with Gasteiger partial charge >= 0.3 is 0 Å². The van der Waals surface area contributed by atoms with Crippen LogP contribution in [0.1, 0.15) is 12.8 Å². The molecule has 2 aliphatic rings. The van der Waals surface area contributed by atoms with Crippen LogP contribution in [-0.2, 0) is 10.0 Å². The number of hydrogen-bond donors (Lipinski definition) is 0. The lowest BCUT2D eigenvalue weighted by molar-refractivity contribution is -0.387. The second-order valence-electron chi connectivity index (χ2n) is 7.74. The van der Waals surface area contributed by atoms with Crippen LogP contribution >= 0.6 is 0 Å². The molecule has 0 unspecified atom stereocenters. The maximum absolute atomic E-state index is 13.0. The summed E-state index contributed by atoms with van der Waals surface area (Å²) in [6.45, 7) is 2.60. The third kappa shape index (κ3) is 4.10. The molecule has 32 heavy (non-hydrogen) atoms. The maximum Gasteiger partial charge on any atom is 0.292 e. The highest BCUT2D eigenvalue weighted by atomic mass is 32.2. The van der Waals surface area contributed by atoms with Gasteiger partial charge in [-0.05, 0) is 31.0 Å². The molecular weight excluding hydrogens is 438 g/mol. The fourth-order valence-electron chi connectivity index (χ4n) is 4.23. The zero-order valence-electron chi connectivity index (χ0n) is 17.3. The van der Waals surface area contributed by atoms with Gasteiger partial charge in [0.05, 0.1) is 9.85 Å². The Morgan fingerprint density at radius 1 is 0.750 bits per heavy atom. The van der Waals surface area contributed by atoms with E-state index in [0.29, 0.717) is 18.8 Å². The molecule has 2 fully saturated rings. The number of benzene rings is 2. The van der Waals surface area contributed by atoms with Crippen LogP contribution in [-0.4, -0.2) is 61.8 Å². The topological polar surface area (TPSA) is 130 Å². The highest BCUT2D eigenvalue weighted by Crippen LogP contribution is 2.35. The van der Waals surface area contributed by atoms with Gasteiger partial charge in [-0.1, -0.05) is 12.1 Å². The first kappa shape index (κ1) is 22.0. The molecule has 0 bridgehead atoms. The molecule has 170 valence electrons. The van der Waals surface area contributed by atoms with Crippen LogP contribution in [0.4, 0.5) is 22.7 Å². The minimum absolute atomic E-state index is 0.0632. The third-order valence-corrected chi connectivity index (χ3v) is 7.83. The molecule has 0 N–H and O–H groups in total. The van der Waals surface area contributed by atoms with E-state index in [1.54, 1.807) is 12.1 Å². The van der Waals surface area contributed by atoms with Crippen molar-refractivity contribution in [3.63, 3.8) is 0 Å². The first-order valence-corrected chi connectivity index (χ1v) is 11.7. The molecule has 0 spiro atoms. The molecule has 0 aromatic heterocycles. The zero-order valence-corrected chi connectivity index (χ0v) is 18.1. The van der Waals surface area contributed by atoms with Crippen molar-refractivity contribution in [2.24, 2.45) is 0 Å². The number of sulfonamides is 1. The highest BCUT2D eigenvalue weighted by molar-refractivity contribution is 7.89. The first-order valence-electron chi connectivity index (χ1n) is 10.3. The fraction of sp³-hybridized carbons (Fsp3) is 0.400. The van der Waals surface area contributed by atoms with Crippen LogP contribution in [0.3, 0.4) is 0 Å². The Labute approximate surface area is 185 Å². The summed E-state index contributed by atoms with van der Waals surface area (Å²) in [5.74, 6) is 0. The van der Waals surface area contributed by atoms with E-state index >= 15 is 0 Å². The Morgan fingerprint density at radius 2 is 1.38 bits per heavy atom. The molecule has 0 saturated carbocycles. The van der Waals surface area contributed by atoms with Gasteiger partial charge in [0.2, 0.25) is 10.0 Å². The van der Waals surface area contributed by atoms with E-state index in [9.17, 15) is 28.6 Å². The summed E-state index contributed by atoms with van der Waals surface area (Å²) in [6.07, 6.45) is 1.98. The molecular formula is C20H23N5O6S. The molecule has 0 amide bonds. The van der Waals surface area contributed by atoms with Gasteiger partial charge in [-0.3, -0.25) is 20.2 Å². The molecule has 2 aliphatic heterocycles. The summed E-state index contributed by atoms with van der Waals surface area (Å²) in [7, 11) is -4.02. The second-order valence-corrected chi connectivity index (χ2v) is 9.65. The Bertz CT molecular complexity index is 1140. The Hall–Kier alpha value is -3.25. The van der Waals surface area contributed by atoms with E-state index in [0.717, 1.165) is 31.6 Å². The molecule has 0 atom stereocenters. The molecule has 2 heterocycles. The molecule has 2 aromatic rings. The SMILES string of the molecule is O=[N+]([O-])c1ccc(N2CCN(S(=O)(=O)c3ccccc3[N+](=O)[O-])CC2)cc1N1CCCC1. The maximum atomic E-state index is 13.0. The van der Waals surface area contributed by atoms with Crippen LogP contribution in [0.25, 0.3) is 0 Å². The zero-order chi connectivity index (χ0) is 22.9. The number of rotatable bonds is 6. The number of hydrogen-bond acceptors (Lipinski definition) is 8. The Kier molecular flexibility index (Phi) is 5.98. The Balaban J connectivity index is 1.53. The van der Waals surface area contributed by atoms with Gasteiger partial charge in [0.15, 0.2) is 4.90 Å². The van der Waals surface area contributed by atoms with Gasteiger partial charge in [0, 0.05) is 57.1 Å². The van der Waals surface area contributed by atoms with E-state index in [2.05, 4.69) is 0 Å². The molecule has 0 aliphatic carbocycles. The summed E-state index contributed by atoms with van der Waals surface area (Å²) >= 11 is 0. The molecule has 4 rings (SSSR count).